The van der Waals surface area contributed by atoms with Crippen molar-refractivity contribution in [3.63, 3.8) is 0 Å². The van der Waals surface area contributed by atoms with Crippen LogP contribution in [0.4, 0.5) is 11.8 Å². The fourth-order valence-electron chi connectivity index (χ4n) is 2.34. The zero-order valence-corrected chi connectivity index (χ0v) is 16.8. The van der Waals surface area contributed by atoms with Crippen LogP contribution in [0.2, 0.25) is 0 Å². The summed E-state index contributed by atoms with van der Waals surface area (Å²) >= 11 is 0. The fourth-order valence-corrected chi connectivity index (χ4v) is 2.81. The van der Waals surface area contributed by atoms with Gasteiger partial charge >= 0.3 is 5.97 Å². The van der Waals surface area contributed by atoms with E-state index in [1.54, 1.807) is 6.92 Å². The summed E-state index contributed by atoms with van der Waals surface area (Å²) in [6.07, 6.45) is 3.24. The van der Waals surface area contributed by atoms with Crippen molar-refractivity contribution in [2.75, 3.05) is 43.1 Å². The standard InChI is InChI=1S/C18H25N5O4S/c1-3-27-17(24)15-13-21-18(20-11-12-22-28(2,25)26)23-16(15)19-10-9-14-7-5-4-6-8-14/h4-8,13,22H,3,9-12H2,1-2H3,(H2,19,20,21,23). The molecular formula is C18H25N5O4S. The molecule has 1 aromatic heterocycles. The van der Waals surface area contributed by atoms with E-state index < -0.39 is 16.0 Å². The molecule has 0 atom stereocenters. The summed E-state index contributed by atoms with van der Waals surface area (Å²) in [7, 11) is -3.25. The minimum Gasteiger partial charge on any atom is -0.462 e. The van der Waals surface area contributed by atoms with Gasteiger partial charge in [0.05, 0.1) is 12.9 Å². The van der Waals surface area contributed by atoms with E-state index in [2.05, 4.69) is 25.3 Å². The first-order valence-corrected chi connectivity index (χ1v) is 10.8. The van der Waals surface area contributed by atoms with E-state index >= 15 is 0 Å². The Labute approximate surface area is 165 Å². The van der Waals surface area contributed by atoms with Crippen LogP contribution in [0.1, 0.15) is 22.8 Å². The largest absolute Gasteiger partial charge is 0.462 e. The van der Waals surface area contributed by atoms with Gasteiger partial charge in [0.2, 0.25) is 16.0 Å². The highest BCUT2D eigenvalue weighted by Gasteiger charge is 2.16. The maximum Gasteiger partial charge on any atom is 0.343 e. The number of sulfonamides is 1. The van der Waals surface area contributed by atoms with Crippen LogP contribution < -0.4 is 15.4 Å². The first-order valence-electron chi connectivity index (χ1n) is 8.89. The first-order chi connectivity index (χ1) is 13.4. The van der Waals surface area contributed by atoms with Crippen molar-refractivity contribution >= 4 is 27.8 Å². The second-order valence-electron chi connectivity index (χ2n) is 5.93. The third-order valence-corrected chi connectivity index (χ3v) is 4.33. The molecule has 0 saturated heterocycles. The van der Waals surface area contributed by atoms with E-state index in [0.717, 1.165) is 18.2 Å². The van der Waals surface area contributed by atoms with Crippen molar-refractivity contribution in [1.82, 2.24) is 14.7 Å². The number of anilines is 2. The average Bonchev–Trinajstić information content (AvgIpc) is 2.66. The molecule has 0 saturated carbocycles. The Morgan fingerprint density at radius 2 is 1.86 bits per heavy atom. The van der Waals surface area contributed by atoms with Crippen LogP contribution in [0.15, 0.2) is 36.5 Å². The molecule has 0 bridgehead atoms. The zero-order chi connectivity index (χ0) is 20.4. The molecule has 2 rings (SSSR count). The molecule has 0 radical (unpaired) electrons. The molecule has 28 heavy (non-hydrogen) atoms. The Morgan fingerprint density at radius 3 is 2.54 bits per heavy atom. The molecule has 1 heterocycles. The predicted octanol–water partition coefficient (Wildman–Crippen LogP) is 1.27. The minimum atomic E-state index is -3.25. The van der Waals surface area contributed by atoms with Crippen LogP contribution >= 0.6 is 0 Å². The Morgan fingerprint density at radius 1 is 1.11 bits per heavy atom. The second-order valence-corrected chi connectivity index (χ2v) is 7.77. The number of hydrogen-bond donors (Lipinski definition) is 3. The monoisotopic (exact) mass is 407 g/mol. The Bertz CT molecular complexity index is 875. The van der Waals surface area contributed by atoms with Gasteiger partial charge in [-0.25, -0.2) is 22.9 Å². The lowest BCUT2D eigenvalue weighted by Crippen LogP contribution is -2.28. The van der Waals surface area contributed by atoms with E-state index in [1.165, 1.54) is 6.20 Å². The van der Waals surface area contributed by atoms with E-state index in [4.69, 9.17) is 4.74 Å². The number of benzene rings is 1. The fraction of sp³-hybridized carbons (Fsp3) is 0.389. The maximum absolute atomic E-state index is 12.1. The summed E-state index contributed by atoms with van der Waals surface area (Å²) in [4.78, 5) is 20.6. The number of aromatic nitrogens is 2. The number of nitrogens with zero attached hydrogens (tertiary/aromatic N) is 2. The molecular weight excluding hydrogens is 382 g/mol. The number of hydrogen-bond acceptors (Lipinski definition) is 8. The van der Waals surface area contributed by atoms with E-state index in [0.29, 0.717) is 18.9 Å². The summed E-state index contributed by atoms with van der Waals surface area (Å²) in [5.74, 6) is 0.142. The highest BCUT2D eigenvalue weighted by atomic mass is 32.2. The normalized spacial score (nSPS) is 11.1. The number of nitrogens with one attached hydrogen (secondary N) is 3. The molecule has 0 spiro atoms. The van der Waals surface area contributed by atoms with Crippen molar-refractivity contribution in [3.05, 3.63) is 47.7 Å². The van der Waals surface area contributed by atoms with Crippen molar-refractivity contribution in [1.29, 1.82) is 0 Å². The third kappa shape index (κ3) is 7.49. The number of rotatable bonds is 11. The Balaban J connectivity index is 2.03. The van der Waals surface area contributed by atoms with Crippen molar-refractivity contribution in [2.45, 2.75) is 13.3 Å². The summed E-state index contributed by atoms with van der Waals surface area (Å²) in [6, 6.07) is 9.94. The van der Waals surface area contributed by atoms with Gasteiger partial charge < -0.3 is 15.4 Å². The topological polar surface area (TPSA) is 122 Å². The second kappa shape index (κ2) is 10.6. The molecule has 3 N–H and O–H groups in total. The molecule has 0 aliphatic rings. The summed E-state index contributed by atoms with van der Waals surface area (Å²) in [5.41, 5.74) is 1.40. The van der Waals surface area contributed by atoms with Gasteiger partial charge in [0.15, 0.2) is 0 Å². The van der Waals surface area contributed by atoms with E-state index in [-0.39, 0.29) is 24.7 Å². The third-order valence-electron chi connectivity index (χ3n) is 3.61. The smallest absolute Gasteiger partial charge is 0.343 e. The van der Waals surface area contributed by atoms with Gasteiger partial charge in [0, 0.05) is 25.8 Å². The van der Waals surface area contributed by atoms with Gasteiger partial charge in [-0.2, -0.15) is 4.98 Å². The van der Waals surface area contributed by atoms with Gasteiger partial charge in [-0.3, -0.25) is 0 Å². The molecule has 2 aromatic rings. The quantitative estimate of drug-likeness (QED) is 0.376. The number of ether oxygens (including phenoxy) is 1. The lowest BCUT2D eigenvalue weighted by molar-refractivity contribution is 0.0526. The van der Waals surface area contributed by atoms with E-state index in [9.17, 15) is 13.2 Å². The van der Waals surface area contributed by atoms with Crippen molar-refractivity contribution in [2.24, 2.45) is 0 Å². The summed E-state index contributed by atoms with van der Waals surface area (Å²) in [6.45, 7) is 3.04. The van der Waals surface area contributed by atoms with Gasteiger partial charge in [0.1, 0.15) is 11.4 Å². The SMILES string of the molecule is CCOC(=O)c1cnc(NCCNS(C)(=O)=O)nc1NCCc1ccccc1. The lowest BCUT2D eigenvalue weighted by atomic mass is 10.1. The number of carbonyl (C=O) groups excluding carboxylic acids is 1. The van der Waals surface area contributed by atoms with Crippen LogP contribution in [0.5, 0.6) is 0 Å². The molecule has 0 fully saturated rings. The Kier molecular flexibility index (Phi) is 8.15. The van der Waals surface area contributed by atoms with Gasteiger partial charge in [-0.15, -0.1) is 0 Å². The van der Waals surface area contributed by atoms with Gasteiger partial charge in [0.25, 0.3) is 0 Å². The Hall–Kier alpha value is -2.72. The summed E-state index contributed by atoms with van der Waals surface area (Å²) in [5, 5.41) is 6.08. The van der Waals surface area contributed by atoms with Crippen LogP contribution in [0.25, 0.3) is 0 Å². The van der Waals surface area contributed by atoms with E-state index in [1.807, 2.05) is 30.3 Å². The summed E-state index contributed by atoms with van der Waals surface area (Å²) < 4.78 is 29.6. The average molecular weight is 407 g/mol. The van der Waals surface area contributed by atoms with Crippen molar-refractivity contribution in [3.8, 4) is 0 Å². The van der Waals surface area contributed by atoms with Crippen molar-refractivity contribution < 1.29 is 17.9 Å². The maximum atomic E-state index is 12.1. The molecule has 0 aliphatic carbocycles. The molecule has 1 aromatic carbocycles. The van der Waals surface area contributed by atoms with Gasteiger partial charge in [-0.1, -0.05) is 30.3 Å². The molecule has 152 valence electrons. The first kappa shape index (κ1) is 21.6. The molecule has 9 nitrogen and oxygen atoms in total. The number of esters is 1. The molecule has 0 unspecified atom stereocenters. The van der Waals surface area contributed by atoms with Crippen LogP contribution in [0.3, 0.4) is 0 Å². The predicted molar refractivity (Wildman–Crippen MR) is 108 cm³/mol. The number of carbonyl (C=O) groups is 1. The van der Waals surface area contributed by atoms with Crippen LogP contribution in [0, 0.1) is 0 Å². The molecule has 0 amide bonds. The van der Waals surface area contributed by atoms with Crippen LogP contribution in [-0.2, 0) is 21.2 Å². The lowest BCUT2D eigenvalue weighted by Gasteiger charge is -2.12. The van der Waals surface area contributed by atoms with Crippen LogP contribution in [-0.4, -0.2) is 56.9 Å². The van der Waals surface area contributed by atoms with Gasteiger partial charge in [-0.05, 0) is 18.9 Å². The molecule has 10 heteroatoms. The highest BCUT2D eigenvalue weighted by molar-refractivity contribution is 7.88. The zero-order valence-electron chi connectivity index (χ0n) is 15.9. The highest BCUT2D eigenvalue weighted by Crippen LogP contribution is 2.15. The molecule has 0 aliphatic heterocycles. The minimum absolute atomic E-state index is 0.193.